The molecule has 3 aromatic rings. The van der Waals surface area contributed by atoms with Crippen molar-refractivity contribution in [1.29, 1.82) is 0 Å². The highest BCUT2D eigenvalue weighted by atomic mass is 16.6. The summed E-state index contributed by atoms with van der Waals surface area (Å²) >= 11 is 0. The summed E-state index contributed by atoms with van der Waals surface area (Å²) in [4.78, 5) is 27.5. The topological polar surface area (TPSA) is 123 Å². The number of nitrogens with zero attached hydrogens (tertiary/aromatic N) is 8. The Labute approximate surface area is 172 Å². The van der Waals surface area contributed by atoms with Crippen molar-refractivity contribution in [1.82, 2.24) is 30.2 Å². The Morgan fingerprint density at radius 2 is 2.03 bits per heavy atom. The van der Waals surface area contributed by atoms with Crippen molar-refractivity contribution >= 4 is 23.1 Å². The number of hydrogen-bond acceptors (Lipinski definition) is 8. The van der Waals surface area contributed by atoms with E-state index in [2.05, 4.69) is 25.5 Å². The van der Waals surface area contributed by atoms with Crippen LogP contribution < -0.4 is 4.90 Å². The summed E-state index contributed by atoms with van der Waals surface area (Å²) in [5.74, 6) is 0.737. The second-order valence-electron chi connectivity index (χ2n) is 7.46. The Morgan fingerprint density at radius 1 is 1.27 bits per heavy atom. The quantitative estimate of drug-likeness (QED) is 0.461. The highest BCUT2D eigenvalue weighted by molar-refractivity contribution is 5.79. The Bertz CT molecular complexity index is 1080. The summed E-state index contributed by atoms with van der Waals surface area (Å²) < 4.78 is 1.39. The number of non-ortho nitro benzene ring substituents is 1. The van der Waals surface area contributed by atoms with Crippen molar-refractivity contribution in [3.05, 3.63) is 52.1 Å². The number of hydrogen-bond donors (Lipinski definition) is 0. The van der Waals surface area contributed by atoms with Gasteiger partial charge in [0.05, 0.1) is 11.0 Å². The molecule has 1 aliphatic heterocycles. The third-order valence-corrected chi connectivity index (χ3v) is 5.72. The van der Waals surface area contributed by atoms with Gasteiger partial charge in [0.25, 0.3) is 5.69 Å². The second kappa shape index (κ2) is 8.01. The molecular formula is C19H22N8O3. The van der Waals surface area contributed by atoms with Gasteiger partial charge in [-0.3, -0.25) is 14.9 Å². The fourth-order valence-electron chi connectivity index (χ4n) is 3.77. The van der Waals surface area contributed by atoms with Crippen LogP contribution in [0.15, 0.2) is 36.4 Å². The van der Waals surface area contributed by atoms with E-state index in [1.807, 2.05) is 25.1 Å². The molecule has 1 saturated heterocycles. The van der Waals surface area contributed by atoms with E-state index in [1.165, 1.54) is 16.8 Å². The van der Waals surface area contributed by atoms with Crippen LogP contribution in [-0.2, 0) is 4.79 Å². The third kappa shape index (κ3) is 3.78. The number of fused-ring (bicyclic) bond motifs is 1. The first kappa shape index (κ1) is 19.7. The lowest BCUT2D eigenvalue weighted by atomic mass is 9.94. The highest BCUT2D eigenvalue weighted by Crippen LogP contribution is 2.28. The average molecular weight is 410 g/mol. The number of nitro benzene ring substituents is 1. The van der Waals surface area contributed by atoms with Crippen LogP contribution in [0.5, 0.6) is 0 Å². The Morgan fingerprint density at radius 3 is 2.77 bits per heavy atom. The number of rotatable bonds is 5. The molecule has 30 heavy (non-hydrogen) atoms. The largest absolute Gasteiger partial charge is 0.355 e. The number of carbonyl (C=O) groups excluding carboxylic acids is 1. The van der Waals surface area contributed by atoms with Gasteiger partial charge in [0, 0.05) is 38.2 Å². The number of carbonyl (C=O) groups is 1. The van der Waals surface area contributed by atoms with E-state index in [0.717, 1.165) is 11.4 Å². The van der Waals surface area contributed by atoms with Gasteiger partial charge in [-0.05, 0) is 47.9 Å². The van der Waals surface area contributed by atoms with Crippen molar-refractivity contribution in [3.8, 4) is 0 Å². The van der Waals surface area contributed by atoms with Crippen molar-refractivity contribution < 1.29 is 9.72 Å². The van der Waals surface area contributed by atoms with Crippen molar-refractivity contribution in [2.24, 2.45) is 5.92 Å². The van der Waals surface area contributed by atoms with E-state index in [4.69, 9.17) is 0 Å². The summed E-state index contributed by atoms with van der Waals surface area (Å²) in [6.45, 7) is 3.30. The molecule has 11 nitrogen and oxygen atoms in total. The smallest absolute Gasteiger partial charge is 0.269 e. The molecule has 3 heterocycles. The fraction of sp³-hybridized carbons (Fsp3) is 0.421. The zero-order valence-corrected chi connectivity index (χ0v) is 16.7. The number of nitro groups is 1. The minimum Gasteiger partial charge on any atom is -0.355 e. The average Bonchev–Trinajstić information content (AvgIpc) is 3.25. The highest BCUT2D eigenvalue weighted by Gasteiger charge is 2.30. The number of anilines is 1. The van der Waals surface area contributed by atoms with E-state index < -0.39 is 4.92 Å². The lowest BCUT2D eigenvalue weighted by Gasteiger charge is -2.35. The molecule has 156 valence electrons. The van der Waals surface area contributed by atoms with E-state index >= 15 is 0 Å². The molecule has 1 amide bonds. The Kier molecular flexibility index (Phi) is 5.25. The number of amides is 1. The first-order valence-corrected chi connectivity index (χ1v) is 9.75. The number of piperidine rings is 1. The number of aromatic nitrogens is 5. The molecule has 1 atom stereocenters. The van der Waals surface area contributed by atoms with E-state index in [-0.39, 0.29) is 23.6 Å². The summed E-state index contributed by atoms with van der Waals surface area (Å²) in [7, 11) is 1.76. The fourth-order valence-corrected chi connectivity index (χ4v) is 3.77. The van der Waals surface area contributed by atoms with Gasteiger partial charge in [-0.25, -0.2) is 0 Å². The summed E-state index contributed by atoms with van der Waals surface area (Å²) in [6.07, 6.45) is 1.42. The van der Waals surface area contributed by atoms with Crippen molar-refractivity contribution in [3.63, 3.8) is 0 Å². The molecule has 4 rings (SSSR count). The predicted octanol–water partition coefficient (Wildman–Crippen LogP) is 1.86. The maximum absolute atomic E-state index is 13.0. The van der Waals surface area contributed by atoms with Gasteiger partial charge in [0.1, 0.15) is 0 Å². The molecule has 0 bridgehead atoms. The summed E-state index contributed by atoms with van der Waals surface area (Å²) in [5, 5.41) is 26.7. The minimum absolute atomic E-state index is 0.0283. The lowest BCUT2D eigenvalue weighted by molar-refractivity contribution is -0.384. The van der Waals surface area contributed by atoms with Gasteiger partial charge in [-0.1, -0.05) is 12.1 Å². The van der Waals surface area contributed by atoms with Gasteiger partial charge in [0.2, 0.25) is 5.91 Å². The van der Waals surface area contributed by atoms with Gasteiger partial charge < -0.3 is 9.80 Å². The molecule has 0 radical (unpaired) electrons. The first-order chi connectivity index (χ1) is 14.4. The van der Waals surface area contributed by atoms with Gasteiger partial charge in [-0.15, -0.1) is 14.8 Å². The molecule has 0 spiro atoms. The van der Waals surface area contributed by atoms with E-state index in [0.29, 0.717) is 31.6 Å². The second-order valence-corrected chi connectivity index (χ2v) is 7.46. The zero-order chi connectivity index (χ0) is 21.3. The number of tetrazole rings is 1. The molecule has 0 N–H and O–H groups in total. The van der Waals surface area contributed by atoms with Crippen molar-refractivity contribution in [2.75, 3.05) is 25.0 Å². The van der Waals surface area contributed by atoms with Crippen LogP contribution in [0.4, 0.5) is 11.5 Å². The molecule has 0 saturated carbocycles. The van der Waals surface area contributed by atoms with Gasteiger partial charge in [0.15, 0.2) is 11.5 Å². The zero-order valence-electron chi connectivity index (χ0n) is 16.7. The monoisotopic (exact) mass is 410 g/mol. The van der Waals surface area contributed by atoms with E-state index in [9.17, 15) is 14.9 Å². The number of benzene rings is 1. The summed E-state index contributed by atoms with van der Waals surface area (Å²) in [5.41, 5.74) is 1.36. The maximum atomic E-state index is 13.0. The van der Waals surface area contributed by atoms with Gasteiger partial charge >= 0.3 is 0 Å². The van der Waals surface area contributed by atoms with Crippen LogP contribution in [0.25, 0.3) is 5.65 Å². The molecule has 1 aromatic carbocycles. The van der Waals surface area contributed by atoms with Crippen LogP contribution in [0.3, 0.4) is 0 Å². The third-order valence-electron chi connectivity index (χ3n) is 5.72. The minimum atomic E-state index is -0.422. The maximum Gasteiger partial charge on any atom is 0.269 e. The molecule has 2 aromatic heterocycles. The van der Waals surface area contributed by atoms with Crippen LogP contribution in [0.2, 0.25) is 0 Å². The van der Waals surface area contributed by atoms with Crippen LogP contribution in [-0.4, -0.2) is 61.1 Å². The normalized spacial score (nSPS) is 15.9. The van der Waals surface area contributed by atoms with Gasteiger partial charge in [-0.2, -0.15) is 0 Å². The van der Waals surface area contributed by atoms with Crippen LogP contribution in [0.1, 0.15) is 31.4 Å². The molecule has 1 fully saturated rings. The Hall–Kier alpha value is -3.63. The predicted molar refractivity (Wildman–Crippen MR) is 108 cm³/mol. The standard InChI is InChI=1S/C19H22N8O3/c1-13(15-4-3-5-16(12-15)27(29)30)24(2)19(28)14-8-10-25(11-9-14)18-7-6-17-20-22-23-26(17)21-18/h3-7,12-14H,8-11H2,1-2H3/t13-/m1/s1. The molecule has 1 aliphatic rings. The SMILES string of the molecule is C[C@H](c1cccc([N+](=O)[O-])c1)N(C)C(=O)C1CCN(c2ccc3nnnn3n2)CC1. The first-order valence-electron chi connectivity index (χ1n) is 9.75. The molecule has 0 aliphatic carbocycles. The van der Waals surface area contributed by atoms with Crippen molar-refractivity contribution in [2.45, 2.75) is 25.8 Å². The summed E-state index contributed by atoms with van der Waals surface area (Å²) in [6, 6.07) is 9.88. The molecular weight excluding hydrogens is 388 g/mol. The van der Waals surface area contributed by atoms with Crippen LogP contribution >= 0.6 is 0 Å². The molecule has 0 unspecified atom stereocenters. The molecule has 11 heteroatoms. The Balaban J connectivity index is 1.39. The lowest BCUT2D eigenvalue weighted by Crippen LogP contribution is -2.42. The van der Waals surface area contributed by atoms with E-state index in [1.54, 1.807) is 18.0 Å². The van der Waals surface area contributed by atoms with Crippen LogP contribution in [0, 0.1) is 16.0 Å².